The van der Waals surface area contributed by atoms with E-state index in [9.17, 15) is 23.1 Å². The highest BCUT2D eigenvalue weighted by atomic mass is 32.2. The summed E-state index contributed by atoms with van der Waals surface area (Å²) in [6.07, 6.45) is 1.17. The van der Waals surface area contributed by atoms with E-state index in [2.05, 4.69) is 5.32 Å². The monoisotopic (exact) mass is 426 g/mol. The molecule has 1 aromatic carbocycles. The number of benzene rings is 1. The number of carbonyl (C=O) groups is 2. The van der Waals surface area contributed by atoms with Gasteiger partial charge in [0.15, 0.2) is 0 Å². The van der Waals surface area contributed by atoms with E-state index in [4.69, 9.17) is 4.74 Å². The lowest BCUT2D eigenvalue weighted by atomic mass is 9.98. The van der Waals surface area contributed by atoms with Gasteiger partial charge in [-0.1, -0.05) is 24.1 Å². The molecule has 1 fully saturated rings. The fourth-order valence-corrected chi connectivity index (χ4v) is 5.02. The van der Waals surface area contributed by atoms with Crippen molar-refractivity contribution in [3.05, 3.63) is 29.8 Å². The van der Waals surface area contributed by atoms with Gasteiger partial charge in [0.1, 0.15) is 11.6 Å². The Morgan fingerprint density at radius 2 is 1.86 bits per heavy atom. The van der Waals surface area contributed by atoms with E-state index >= 15 is 0 Å². The van der Waals surface area contributed by atoms with Crippen LogP contribution in [0.5, 0.6) is 0 Å². The molecule has 1 unspecified atom stereocenters. The number of rotatable bonds is 6. The third-order valence-corrected chi connectivity index (χ3v) is 6.66. The molecular weight excluding hydrogens is 396 g/mol. The Kier molecular flexibility index (Phi) is 7.29. The summed E-state index contributed by atoms with van der Waals surface area (Å²) in [5.41, 5.74) is 0.186. The van der Waals surface area contributed by atoms with E-state index in [0.29, 0.717) is 19.4 Å². The highest BCUT2D eigenvalue weighted by Crippen LogP contribution is 2.28. The molecule has 8 nitrogen and oxygen atoms in total. The van der Waals surface area contributed by atoms with Crippen molar-refractivity contribution >= 4 is 22.1 Å². The predicted molar refractivity (Wildman–Crippen MR) is 108 cm³/mol. The van der Waals surface area contributed by atoms with Gasteiger partial charge in [0, 0.05) is 12.6 Å². The van der Waals surface area contributed by atoms with Gasteiger partial charge in [0.2, 0.25) is 10.0 Å². The fourth-order valence-electron chi connectivity index (χ4n) is 3.32. The largest absolute Gasteiger partial charge is 0.480 e. The molecule has 162 valence electrons. The van der Waals surface area contributed by atoms with Crippen LogP contribution in [0, 0.1) is 6.92 Å². The van der Waals surface area contributed by atoms with Crippen molar-refractivity contribution in [3.8, 4) is 0 Å². The van der Waals surface area contributed by atoms with Crippen LogP contribution >= 0.6 is 0 Å². The molecule has 2 atom stereocenters. The van der Waals surface area contributed by atoms with Crippen LogP contribution in [0.1, 0.15) is 52.0 Å². The molecule has 1 saturated heterocycles. The summed E-state index contributed by atoms with van der Waals surface area (Å²) in [5, 5.41) is 11.9. The minimum absolute atomic E-state index is 0.0281. The topological polar surface area (TPSA) is 113 Å². The molecule has 0 bridgehead atoms. The minimum Gasteiger partial charge on any atom is -0.480 e. The van der Waals surface area contributed by atoms with Crippen molar-refractivity contribution < 1.29 is 27.9 Å². The average Bonchev–Trinajstić information content (AvgIpc) is 2.60. The summed E-state index contributed by atoms with van der Waals surface area (Å²) >= 11 is 0. The van der Waals surface area contributed by atoms with Gasteiger partial charge in [-0.25, -0.2) is 18.0 Å². The molecule has 1 amide bonds. The second-order valence-electron chi connectivity index (χ2n) is 8.35. The first kappa shape index (κ1) is 23.2. The number of aryl methyl sites for hydroxylation is 1. The van der Waals surface area contributed by atoms with Gasteiger partial charge < -0.3 is 15.2 Å². The number of ether oxygens (including phenoxy) is 1. The number of carboxylic acids is 1. The SMILES string of the molecule is Cc1ccc(S(=O)(=O)N2CCCCC2C[C@H](NC(=O)OC(C)(C)C)C(=O)O)cc1. The van der Waals surface area contributed by atoms with Crippen LogP contribution in [0.2, 0.25) is 0 Å². The highest BCUT2D eigenvalue weighted by Gasteiger charge is 2.37. The first-order valence-electron chi connectivity index (χ1n) is 9.71. The van der Waals surface area contributed by atoms with E-state index in [1.165, 1.54) is 4.31 Å². The Balaban J connectivity index is 2.19. The quantitative estimate of drug-likeness (QED) is 0.723. The molecule has 2 rings (SSSR count). The van der Waals surface area contributed by atoms with Gasteiger partial charge in [-0.15, -0.1) is 0 Å². The van der Waals surface area contributed by atoms with Gasteiger partial charge >= 0.3 is 12.1 Å². The summed E-state index contributed by atoms with van der Waals surface area (Å²) in [4.78, 5) is 23.9. The smallest absolute Gasteiger partial charge is 0.408 e. The van der Waals surface area contributed by atoms with E-state index in [1.54, 1.807) is 45.0 Å². The zero-order chi connectivity index (χ0) is 21.8. The number of nitrogens with one attached hydrogen (secondary N) is 1. The first-order valence-corrected chi connectivity index (χ1v) is 11.1. The fraction of sp³-hybridized carbons (Fsp3) is 0.600. The molecule has 0 spiro atoms. The van der Waals surface area contributed by atoms with Gasteiger partial charge in [-0.2, -0.15) is 4.31 Å². The van der Waals surface area contributed by atoms with E-state index in [1.807, 2.05) is 6.92 Å². The molecule has 9 heteroatoms. The maximum atomic E-state index is 13.1. The second-order valence-corrected chi connectivity index (χ2v) is 10.2. The standard InChI is InChI=1S/C20H30N2O6S/c1-14-8-10-16(11-9-14)29(26,27)22-12-6-5-7-15(22)13-17(18(23)24)21-19(25)28-20(2,3)4/h8-11,15,17H,5-7,12-13H2,1-4H3,(H,21,25)(H,23,24)/t15?,17-/m0/s1. The van der Waals surface area contributed by atoms with Crippen molar-refractivity contribution in [2.45, 2.75) is 76.0 Å². The summed E-state index contributed by atoms with van der Waals surface area (Å²) in [5.74, 6) is -1.23. The van der Waals surface area contributed by atoms with Gasteiger partial charge in [0.05, 0.1) is 4.90 Å². The minimum atomic E-state index is -3.76. The van der Waals surface area contributed by atoms with Crippen LogP contribution in [-0.4, -0.2) is 54.1 Å². The molecule has 1 aliphatic rings. The number of piperidine rings is 1. The molecule has 1 aromatic rings. The second kappa shape index (κ2) is 9.13. The number of hydrogen-bond donors (Lipinski definition) is 2. The molecule has 1 heterocycles. The van der Waals surface area contributed by atoms with Crippen LogP contribution < -0.4 is 5.32 Å². The zero-order valence-electron chi connectivity index (χ0n) is 17.3. The average molecular weight is 427 g/mol. The van der Waals surface area contributed by atoms with Gasteiger partial charge in [-0.05, 0) is 59.1 Å². The normalized spacial score (nSPS) is 19.4. The Bertz CT molecular complexity index is 830. The number of nitrogens with zero attached hydrogens (tertiary/aromatic N) is 1. The Hall–Kier alpha value is -2.13. The van der Waals surface area contributed by atoms with Crippen molar-refractivity contribution in [1.82, 2.24) is 9.62 Å². The molecule has 0 radical (unpaired) electrons. The molecule has 0 aromatic heterocycles. The summed E-state index contributed by atoms with van der Waals surface area (Å²) in [6.45, 7) is 7.23. The highest BCUT2D eigenvalue weighted by molar-refractivity contribution is 7.89. The zero-order valence-corrected chi connectivity index (χ0v) is 18.2. The maximum Gasteiger partial charge on any atom is 0.408 e. The number of sulfonamides is 1. The number of amides is 1. The number of aliphatic carboxylic acids is 1. The molecular formula is C20H30N2O6S. The third-order valence-electron chi connectivity index (χ3n) is 4.70. The van der Waals surface area contributed by atoms with E-state index in [-0.39, 0.29) is 11.3 Å². The van der Waals surface area contributed by atoms with Crippen molar-refractivity contribution in [2.24, 2.45) is 0 Å². The number of carboxylic acid groups (broad SMARTS) is 1. The molecule has 1 aliphatic heterocycles. The number of carbonyl (C=O) groups excluding carboxylic acids is 1. The third kappa shape index (κ3) is 6.43. The summed E-state index contributed by atoms with van der Waals surface area (Å²) < 4.78 is 32.8. The maximum absolute atomic E-state index is 13.1. The van der Waals surface area contributed by atoms with Crippen LogP contribution in [0.25, 0.3) is 0 Å². The van der Waals surface area contributed by atoms with Crippen LogP contribution in [0.3, 0.4) is 0 Å². The van der Waals surface area contributed by atoms with Crippen LogP contribution in [0.15, 0.2) is 29.2 Å². The Labute approximate surface area is 172 Å². The lowest BCUT2D eigenvalue weighted by Gasteiger charge is -2.36. The molecule has 2 N–H and O–H groups in total. The summed E-state index contributed by atoms with van der Waals surface area (Å²) in [6, 6.07) is 4.81. The van der Waals surface area contributed by atoms with Crippen LogP contribution in [0.4, 0.5) is 4.79 Å². The first-order chi connectivity index (χ1) is 13.4. The Morgan fingerprint density at radius 1 is 1.24 bits per heavy atom. The molecule has 0 aliphatic carbocycles. The van der Waals surface area contributed by atoms with E-state index < -0.39 is 39.8 Å². The van der Waals surface area contributed by atoms with Crippen molar-refractivity contribution in [1.29, 1.82) is 0 Å². The van der Waals surface area contributed by atoms with E-state index in [0.717, 1.165) is 12.0 Å². The van der Waals surface area contributed by atoms with Gasteiger partial charge in [0.25, 0.3) is 0 Å². The summed E-state index contributed by atoms with van der Waals surface area (Å²) in [7, 11) is -3.76. The molecule has 29 heavy (non-hydrogen) atoms. The Morgan fingerprint density at radius 3 is 2.41 bits per heavy atom. The predicted octanol–water partition coefficient (Wildman–Crippen LogP) is 2.91. The van der Waals surface area contributed by atoms with Crippen molar-refractivity contribution in [2.75, 3.05) is 6.54 Å². The number of alkyl carbamates (subject to hydrolysis) is 1. The molecule has 0 saturated carbocycles. The number of hydrogen-bond acceptors (Lipinski definition) is 5. The lowest BCUT2D eigenvalue weighted by molar-refractivity contribution is -0.140. The van der Waals surface area contributed by atoms with Crippen LogP contribution in [-0.2, 0) is 19.6 Å². The lowest BCUT2D eigenvalue weighted by Crippen LogP contribution is -2.50. The van der Waals surface area contributed by atoms with Crippen molar-refractivity contribution in [3.63, 3.8) is 0 Å². The van der Waals surface area contributed by atoms with Gasteiger partial charge in [-0.3, -0.25) is 0 Å².